The van der Waals surface area contributed by atoms with Crippen LogP contribution in [0.3, 0.4) is 0 Å². The third-order valence-corrected chi connectivity index (χ3v) is 12.4. The highest BCUT2D eigenvalue weighted by Crippen LogP contribution is 2.54. The molecule has 0 aromatic heterocycles. The van der Waals surface area contributed by atoms with Crippen molar-refractivity contribution in [2.45, 2.75) is 0 Å². The number of para-hydroxylation sites is 3. The summed E-state index contributed by atoms with van der Waals surface area (Å²) in [5.41, 5.74) is 13.2. The number of hydrogen-bond acceptors (Lipinski definition) is 3. The zero-order chi connectivity index (χ0) is 41.7. The Hall–Kier alpha value is -8.40. The summed E-state index contributed by atoms with van der Waals surface area (Å²) in [7, 11) is 0. The van der Waals surface area contributed by atoms with E-state index < -0.39 is 0 Å². The topological polar surface area (TPSA) is 15.7 Å². The summed E-state index contributed by atoms with van der Waals surface area (Å²) in [5.74, 6) is 1.64. The van der Waals surface area contributed by atoms with Crippen molar-refractivity contribution in [1.29, 1.82) is 0 Å². The smallest absolute Gasteiger partial charge is 0.159 e. The van der Waals surface area contributed by atoms with Crippen molar-refractivity contribution in [2.24, 2.45) is 0 Å². The van der Waals surface area contributed by atoms with Crippen LogP contribution in [0.1, 0.15) is 0 Å². The van der Waals surface area contributed by atoms with E-state index in [0.717, 1.165) is 67.5 Å². The lowest BCUT2D eigenvalue weighted by molar-refractivity contribution is 0.488. The Balaban J connectivity index is 1.02. The molecular weight excluding hydrogens is 765 g/mol. The van der Waals surface area contributed by atoms with Gasteiger partial charge in [0, 0.05) is 39.8 Å². The predicted molar refractivity (Wildman–Crippen MR) is 265 cm³/mol. The Morgan fingerprint density at radius 3 is 1.30 bits per heavy atom. The molecule has 1 heterocycles. The van der Waals surface area contributed by atoms with E-state index in [-0.39, 0.29) is 0 Å². The van der Waals surface area contributed by atoms with Crippen molar-refractivity contribution in [1.82, 2.24) is 0 Å². The zero-order valence-corrected chi connectivity index (χ0v) is 34.4. The number of anilines is 6. The van der Waals surface area contributed by atoms with Gasteiger partial charge in [-0.3, -0.25) is 0 Å². The molecule has 0 spiro atoms. The van der Waals surface area contributed by atoms with Crippen molar-refractivity contribution in [3.8, 4) is 44.9 Å². The van der Waals surface area contributed by atoms with Crippen LogP contribution in [0.4, 0.5) is 34.1 Å². The van der Waals surface area contributed by atoms with E-state index in [1.165, 1.54) is 43.8 Å². The lowest BCUT2D eigenvalue weighted by Crippen LogP contribution is -2.13. The van der Waals surface area contributed by atoms with Gasteiger partial charge in [-0.25, -0.2) is 0 Å². The van der Waals surface area contributed by atoms with Gasteiger partial charge in [0.05, 0.1) is 11.4 Å². The summed E-state index contributed by atoms with van der Waals surface area (Å²) in [5, 5.41) is 7.17. The van der Waals surface area contributed by atoms with Crippen LogP contribution in [0.5, 0.6) is 11.5 Å². The number of fused-ring (bicyclic) bond motifs is 4. The first-order chi connectivity index (χ1) is 31.2. The zero-order valence-electron chi connectivity index (χ0n) is 34.4. The molecule has 1 aliphatic heterocycles. The molecule has 11 aromatic rings. The van der Waals surface area contributed by atoms with Crippen molar-refractivity contribution in [3.05, 3.63) is 243 Å². The molecule has 0 atom stereocenters. The molecule has 0 amide bonds. The minimum absolute atomic E-state index is 0.817. The summed E-state index contributed by atoms with van der Waals surface area (Å²) in [6.45, 7) is 0. The normalized spacial score (nSPS) is 11.6. The molecule has 0 fully saturated rings. The highest BCUT2D eigenvalue weighted by molar-refractivity contribution is 6.08. The van der Waals surface area contributed by atoms with Gasteiger partial charge < -0.3 is 14.5 Å². The molecule has 0 saturated heterocycles. The van der Waals surface area contributed by atoms with E-state index in [9.17, 15) is 0 Å². The average molecular weight is 805 g/mol. The number of hydrogen-bond donors (Lipinski definition) is 0. The molecule has 296 valence electrons. The lowest BCUT2D eigenvalue weighted by atomic mass is 9.93. The fourth-order valence-electron chi connectivity index (χ4n) is 9.50. The molecule has 11 aromatic carbocycles. The molecule has 0 N–H and O–H groups in total. The first-order valence-corrected chi connectivity index (χ1v) is 21.5. The summed E-state index contributed by atoms with van der Waals surface area (Å²) in [4.78, 5) is 4.64. The summed E-state index contributed by atoms with van der Waals surface area (Å²) in [6.07, 6.45) is 0. The maximum Gasteiger partial charge on any atom is 0.159 e. The van der Waals surface area contributed by atoms with Crippen LogP contribution in [-0.2, 0) is 0 Å². The number of rotatable bonds is 8. The molecule has 3 heteroatoms. The molecule has 0 unspecified atom stereocenters. The van der Waals surface area contributed by atoms with Crippen LogP contribution in [0.2, 0.25) is 0 Å². The molecule has 63 heavy (non-hydrogen) atoms. The lowest BCUT2D eigenvalue weighted by Gasteiger charge is -2.32. The van der Waals surface area contributed by atoms with Gasteiger partial charge in [-0.2, -0.15) is 0 Å². The SMILES string of the molecule is c1ccc(N(c2ccccc2)c2cc3c4c(cccc4c2)-c2cccc(N(c4ccc(-c5cccc6ccccc56)cc4)c4ccc(-c5cccc6ccccc56)cc4)c2O3)cc1. The van der Waals surface area contributed by atoms with Gasteiger partial charge in [0.15, 0.2) is 5.75 Å². The van der Waals surface area contributed by atoms with Crippen LogP contribution in [0, 0.1) is 0 Å². The Morgan fingerprint density at radius 2 is 0.730 bits per heavy atom. The maximum atomic E-state index is 7.28. The second-order valence-electron chi connectivity index (χ2n) is 16.1. The number of benzene rings is 11. The van der Waals surface area contributed by atoms with Crippen molar-refractivity contribution < 1.29 is 4.74 Å². The fourth-order valence-corrected chi connectivity index (χ4v) is 9.50. The van der Waals surface area contributed by atoms with Crippen LogP contribution in [-0.4, -0.2) is 0 Å². The first kappa shape index (κ1) is 36.5. The van der Waals surface area contributed by atoms with E-state index in [1.807, 2.05) is 0 Å². The predicted octanol–water partition coefficient (Wildman–Crippen LogP) is 17.2. The molecule has 3 nitrogen and oxygen atoms in total. The second-order valence-corrected chi connectivity index (χ2v) is 16.1. The van der Waals surface area contributed by atoms with Crippen molar-refractivity contribution in [2.75, 3.05) is 9.80 Å². The van der Waals surface area contributed by atoms with Crippen molar-refractivity contribution in [3.63, 3.8) is 0 Å². The van der Waals surface area contributed by atoms with Gasteiger partial charge in [0.25, 0.3) is 0 Å². The monoisotopic (exact) mass is 804 g/mol. The van der Waals surface area contributed by atoms with Crippen LogP contribution < -0.4 is 14.5 Å². The summed E-state index contributed by atoms with van der Waals surface area (Å²) >= 11 is 0. The Labute approximate surface area is 367 Å². The third kappa shape index (κ3) is 6.38. The van der Waals surface area contributed by atoms with Gasteiger partial charge in [-0.05, 0) is 115 Å². The maximum absolute atomic E-state index is 7.28. The summed E-state index contributed by atoms with van der Waals surface area (Å²) in [6, 6.07) is 86.9. The molecular formula is C60H40N2O. The first-order valence-electron chi connectivity index (χ1n) is 21.5. The minimum atomic E-state index is 0.817. The van der Waals surface area contributed by atoms with Crippen LogP contribution in [0.25, 0.3) is 65.7 Å². The Morgan fingerprint density at radius 1 is 0.286 bits per heavy atom. The second kappa shape index (κ2) is 15.3. The van der Waals surface area contributed by atoms with Gasteiger partial charge in [0.1, 0.15) is 5.75 Å². The molecule has 0 saturated carbocycles. The highest BCUT2D eigenvalue weighted by Gasteiger charge is 2.28. The largest absolute Gasteiger partial charge is 0.454 e. The molecule has 0 bridgehead atoms. The molecule has 12 rings (SSSR count). The fraction of sp³-hybridized carbons (Fsp3) is 0. The summed E-state index contributed by atoms with van der Waals surface area (Å²) < 4.78 is 7.28. The van der Waals surface area contributed by atoms with E-state index in [2.05, 4.69) is 252 Å². The van der Waals surface area contributed by atoms with E-state index in [1.54, 1.807) is 0 Å². The highest BCUT2D eigenvalue weighted by atomic mass is 16.5. The number of ether oxygens (including phenoxy) is 1. The van der Waals surface area contributed by atoms with E-state index in [0.29, 0.717) is 0 Å². The minimum Gasteiger partial charge on any atom is -0.454 e. The molecule has 0 radical (unpaired) electrons. The molecule has 0 aliphatic carbocycles. The van der Waals surface area contributed by atoms with Gasteiger partial charge in [-0.15, -0.1) is 0 Å². The Bertz CT molecular complexity index is 3300. The van der Waals surface area contributed by atoms with Gasteiger partial charge >= 0.3 is 0 Å². The molecule has 1 aliphatic rings. The van der Waals surface area contributed by atoms with Crippen molar-refractivity contribution >= 4 is 66.4 Å². The number of nitrogens with zero attached hydrogens (tertiary/aromatic N) is 2. The van der Waals surface area contributed by atoms with Crippen LogP contribution >= 0.6 is 0 Å². The van der Waals surface area contributed by atoms with E-state index >= 15 is 0 Å². The standard InChI is InChI=1S/C60H40N2O/c1-3-20-46(21-4-1)61(47-22-5-2-6-23-47)50-39-45-19-13-28-55-56-29-14-30-57(60(56)63-58(40-50)59(45)55)62(48-35-31-43(32-36-48)53-26-11-17-41-15-7-9-24-51(41)53)49-37-33-44(34-38-49)54-27-12-18-42-16-8-10-25-52(42)54/h1-40H. The van der Waals surface area contributed by atoms with Gasteiger partial charge in [0.2, 0.25) is 0 Å². The average Bonchev–Trinajstić information content (AvgIpc) is 3.35. The quantitative estimate of drug-likeness (QED) is 0.152. The van der Waals surface area contributed by atoms with E-state index in [4.69, 9.17) is 4.74 Å². The van der Waals surface area contributed by atoms with Gasteiger partial charge in [-0.1, -0.05) is 176 Å². The van der Waals surface area contributed by atoms with Crippen LogP contribution in [0.15, 0.2) is 243 Å². The third-order valence-electron chi connectivity index (χ3n) is 12.4. The Kier molecular flexibility index (Phi) is 8.83.